The number of aldehydes is 1. The minimum absolute atomic E-state index is 0.209. The van der Waals surface area contributed by atoms with Gasteiger partial charge in [-0.1, -0.05) is 46.5 Å². The van der Waals surface area contributed by atoms with E-state index in [9.17, 15) is 9.59 Å². The highest BCUT2D eigenvalue weighted by Gasteiger charge is 2.21. The van der Waals surface area contributed by atoms with Crippen LogP contribution in [0.5, 0.6) is 5.75 Å². The van der Waals surface area contributed by atoms with Crippen LogP contribution in [0.25, 0.3) is 0 Å². The largest absolute Gasteiger partial charge is 0.497 e. The molecule has 3 aromatic rings. The SMILES string of the molecule is COc1ccc(Sc2ccc(Cl)nc2C(=O)Nc2ncc(SC(C)(C)C=O)s2)cc1. The number of ether oxygens (including phenoxy) is 1. The van der Waals surface area contributed by atoms with Gasteiger partial charge in [0.15, 0.2) is 5.13 Å². The summed E-state index contributed by atoms with van der Waals surface area (Å²) in [5.41, 5.74) is 0.209. The van der Waals surface area contributed by atoms with Crippen LogP contribution in [0.2, 0.25) is 5.15 Å². The van der Waals surface area contributed by atoms with Crippen LogP contribution < -0.4 is 10.1 Å². The van der Waals surface area contributed by atoms with Gasteiger partial charge in [-0.2, -0.15) is 0 Å². The van der Waals surface area contributed by atoms with E-state index in [0.717, 1.165) is 21.1 Å². The first-order valence-corrected chi connectivity index (χ1v) is 11.5. The van der Waals surface area contributed by atoms with Gasteiger partial charge >= 0.3 is 0 Å². The number of benzene rings is 1. The number of nitrogens with one attached hydrogen (secondary N) is 1. The third-order valence-electron chi connectivity index (χ3n) is 3.68. The van der Waals surface area contributed by atoms with E-state index in [1.54, 1.807) is 25.4 Å². The number of halogens is 1. The number of hydrogen-bond donors (Lipinski definition) is 1. The van der Waals surface area contributed by atoms with Crippen molar-refractivity contribution in [1.82, 2.24) is 9.97 Å². The number of anilines is 1. The van der Waals surface area contributed by atoms with Crippen molar-refractivity contribution < 1.29 is 14.3 Å². The maximum Gasteiger partial charge on any atom is 0.277 e. The Morgan fingerprint density at radius 3 is 2.63 bits per heavy atom. The molecule has 1 amide bonds. The van der Waals surface area contributed by atoms with Gasteiger partial charge in [-0.3, -0.25) is 10.1 Å². The Balaban J connectivity index is 1.77. The van der Waals surface area contributed by atoms with Crippen LogP contribution in [-0.4, -0.2) is 34.0 Å². The van der Waals surface area contributed by atoms with E-state index < -0.39 is 10.7 Å². The molecule has 156 valence electrons. The normalized spacial score (nSPS) is 11.2. The summed E-state index contributed by atoms with van der Waals surface area (Å²) in [6.45, 7) is 3.64. The standard InChI is InChI=1S/C20H18ClN3O3S3/c1-20(2,11-25)30-16-10-22-19(29-16)24-18(26)17-14(8-9-15(21)23-17)28-13-6-4-12(27-3)5-7-13/h4-11H,1-3H3,(H,22,24,26). The van der Waals surface area contributed by atoms with Crippen LogP contribution in [0.15, 0.2) is 56.6 Å². The number of pyridine rings is 1. The summed E-state index contributed by atoms with van der Waals surface area (Å²) in [6.07, 6.45) is 2.52. The van der Waals surface area contributed by atoms with Crippen molar-refractivity contribution in [3.8, 4) is 5.75 Å². The Kier molecular flexibility index (Phi) is 7.41. The third-order valence-corrected chi connectivity index (χ3v) is 7.08. The molecule has 10 heteroatoms. The number of carbonyl (C=O) groups excluding carboxylic acids is 2. The van der Waals surface area contributed by atoms with Crippen LogP contribution in [0.4, 0.5) is 5.13 Å². The number of thioether (sulfide) groups is 1. The molecular weight excluding hydrogens is 462 g/mol. The first-order valence-electron chi connectivity index (χ1n) is 8.70. The number of rotatable bonds is 8. The highest BCUT2D eigenvalue weighted by atomic mass is 35.5. The Bertz CT molecular complexity index is 1050. The summed E-state index contributed by atoms with van der Waals surface area (Å²) in [6, 6.07) is 10.9. The zero-order chi connectivity index (χ0) is 21.7. The van der Waals surface area contributed by atoms with Crippen molar-refractivity contribution in [1.29, 1.82) is 0 Å². The van der Waals surface area contributed by atoms with E-state index in [4.69, 9.17) is 16.3 Å². The van der Waals surface area contributed by atoms with Crippen LogP contribution >= 0.6 is 46.5 Å². The van der Waals surface area contributed by atoms with Crippen molar-refractivity contribution in [2.45, 2.75) is 32.6 Å². The second-order valence-corrected chi connectivity index (χ2v) is 11.0. The molecule has 2 aromatic heterocycles. The van der Waals surface area contributed by atoms with Gasteiger partial charge in [-0.25, -0.2) is 9.97 Å². The molecule has 0 bridgehead atoms. The molecule has 0 aliphatic carbocycles. The highest BCUT2D eigenvalue weighted by Crippen LogP contribution is 2.37. The molecule has 2 heterocycles. The molecule has 3 rings (SSSR count). The van der Waals surface area contributed by atoms with Gasteiger partial charge in [-0.05, 0) is 50.2 Å². The first-order chi connectivity index (χ1) is 14.3. The molecule has 0 aliphatic heterocycles. The van der Waals surface area contributed by atoms with Crippen molar-refractivity contribution in [2.24, 2.45) is 0 Å². The zero-order valence-electron chi connectivity index (χ0n) is 16.3. The van der Waals surface area contributed by atoms with Crippen molar-refractivity contribution in [3.63, 3.8) is 0 Å². The van der Waals surface area contributed by atoms with Crippen LogP contribution in [0, 0.1) is 0 Å². The molecule has 6 nitrogen and oxygen atoms in total. The van der Waals surface area contributed by atoms with Crippen molar-refractivity contribution >= 4 is 63.8 Å². The smallest absolute Gasteiger partial charge is 0.277 e. The zero-order valence-corrected chi connectivity index (χ0v) is 19.5. The Hall–Kier alpha value is -2.07. The third kappa shape index (κ3) is 5.98. The Labute approximate surface area is 191 Å². The molecule has 0 saturated heterocycles. The summed E-state index contributed by atoms with van der Waals surface area (Å²) in [5.74, 6) is 0.343. The van der Waals surface area contributed by atoms with Gasteiger partial charge < -0.3 is 9.53 Å². The average Bonchev–Trinajstić information content (AvgIpc) is 3.15. The maximum absolute atomic E-state index is 12.9. The van der Waals surface area contributed by atoms with Crippen molar-refractivity contribution in [3.05, 3.63) is 53.4 Å². The lowest BCUT2D eigenvalue weighted by Gasteiger charge is -2.13. The first kappa shape index (κ1) is 22.6. The number of hydrogen-bond acceptors (Lipinski definition) is 8. The molecular formula is C20H18ClN3O3S3. The van der Waals surface area contributed by atoms with E-state index in [-0.39, 0.29) is 10.8 Å². The van der Waals surface area contributed by atoms with Gasteiger partial charge in [0.25, 0.3) is 5.91 Å². The predicted molar refractivity (Wildman–Crippen MR) is 122 cm³/mol. The molecule has 1 N–H and O–H groups in total. The van der Waals surface area contributed by atoms with E-state index in [2.05, 4.69) is 15.3 Å². The summed E-state index contributed by atoms with van der Waals surface area (Å²) in [4.78, 5) is 34.0. The predicted octanol–water partition coefficient (Wildman–Crippen LogP) is 5.67. The van der Waals surface area contributed by atoms with Crippen LogP contribution in [0.3, 0.4) is 0 Å². The number of nitrogens with zero attached hydrogens (tertiary/aromatic N) is 2. The van der Waals surface area contributed by atoms with Gasteiger partial charge in [0.2, 0.25) is 0 Å². The second-order valence-electron chi connectivity index (χ2n) is 6.52. The Morgan fingerprint density at radius 2 is 1.97 bits per heavy atom. The summed E-state index contributed by atoms with van der Waals surface area (Å²) in [7, 11) is 1.61. The number of amides is 1. The Morgan fingerprint density at radius 1 is 1.23 bits per heavy atom. The van der Waals surface area contributed by atoms with Gasteiger partial charge in [0, 0.05) is 9.79 Å². The number of carbonyl (C=O) groups is 2. The molecule has 0 spiro atoms. The molecule has 0 aliphatic rings. The van der Waals surface area contributed by atoms with E-state index >= 15 is 0 Å². The van der Waals surface area contributed by atoms with Crippen molar-refractivity contribution in [2.75, 3.05) is 12.4 Å². The summed E-state index contributed by atoms with van der Waals surface area (Å²) >= 11 is 10.1. The van der Waals surface area contributed by atoms with Crippen LogP contribution in [-0.2, 0) is 4.79 Å². The van der Waals surface area contributed by atoms with E-state index in [1.807, 2.05) is 38.1 Å². The molecule has 0 fully saturated rings. The monoisotopic (exact) mass is 479 g/mol. The fraction of sp³-hybridized carbons (Fsp3) is 0.200. The molecule has 1 aromatic carbocycles. The molecule has 0 saturated carbocycles. The lowest BCUT2D eigenvalue weighted by Crippen LogP contribution is -2.15. The number of aromatic nitrogens is 2. The molecule has 0 radical (unpaired) electrons. The lowest BCUT2D eigenvalue weighted by molar-refractivity contribution is -0.109. The minimum Gasteiger partial charge on any atom is -0.497 e. The number of thiazole rings is 1. The molecule has 30 heavy (non-hydrogen) atoms. The summed E-state index contributed by atoms with van der Waals surface area (Å²) in [5, 5.41) is 3.41. The fourth-order valence-electron chi connectivity index (χ4n) is 2.24. The maximum atomic E-state index is 12.9. The highest BCUT2D eigenvalue weighted by molar-refractivity contribution is 8.03. The van der Waals surface area contributed by atoms with Crippen LogP contribution in [0.1, 0.15) is 24.3 Å². The van der Waals surface area contributed by atoms with E-state index in [0.29, 0.717) is 10.0 Å². The summed E-state index contributed by atoms with van der Waals surface area (Å²) < 4.78 is 5.44. The fourth-order valence-corrected chi connectivity index (χ4v) is 5.55. The number of methoxy groups -OCH3 is 1. The topological polar surface area (TPSA) is 81.2 Å². The minimum atomic E-state index is -0.565. The van der Waals surface area contributed by atoms with E-state index in [1.165, 1.54) is 34.9 Å². The quantitative estimate of drug-likeness (QED) is 0.253. The van der Waals surface area contributed by atoms with Gasteiger partial charge in [0.05, 0.1) is 22.3 Å². The average molecular weight is 480 g/mol. The lowest BCUT2D eigenvalue weighted by atomic mass is 10.2. The van der Waals surface area contributed by atoms with Gasteiger partial charge in [0.1, 0.15) is 22.9 Å². The molecule has 0 atom stereocenters. The second kappa shape index (κ2) is 9.82. The molecule has 0 unspecified atom stereocenters. The van der Waals surface area contributed by atoms with Gasteiger partial charge in [-0.15, -0.1) is 0 Å².